The molecule has 2 rings (SSSR count). The SMILES string of the molecule is CC1(C)C(Br)(Br)[C@]1(C)c1ccccc1. The molecule has 1 saturated carbocycles. The second kappa shape index (κ2) is 2.85. The van der Waals surface area contributed by atoms with Crippen LogP contribution in [0.4, 0.5) is 0 Å². The summed E-state index contributed by atoms with van der Waals surface area (Å²) < 4.78 is 0.0291. The van der Waals surface area contributed by atoms with Crippen LogP contribution in [0.5, 0.6) is 0 Å². The van der Waals surface area contributed by atoms with Crippen LogP contribution in [0.15, 0.2) is 30.3 Å². The zero-order chi connectivity index (χ0) is 10.6. The molecule has 2 heteroatoms. The van der Waals surface area contributed by atoms with Gasteiger partial charge in [-0.2, -0.15) is 0 Å². The molecule has 0 saturated heterocycles. The van der Waals surface area contributed by atoms with Gasteiger partial charge >= 0.3 is 0 Å². The first-order valence-corrected chi connectivity index (χ1v) is 6.37. The molecule has 0 bridgehead atoms. The van der Waals surface area contributed by atoms with E-state index >= 15 is 0 Å². The summed E-state index contributed by atoms with van der Waals surface area (Å²) in [5.74, 6) is 0. The predicted molar refractivity (Wildman–Crippen MR) is 68.2 cm³/mol. The topological polar surface area (TPSA) is 0 Å². The van der Waals surface area contributed by atoms with Crippen LogP contribution in [0.2, 0.25) is 0 Å². The van der Waals surface area contributed by atoms with Gasteiger partial charge in [0, 0.05) is 10.8 Å². The Hall–Kier alpha value is 0.180. The molecule has 0 heterocycles. The van der Waals surface area contributed by atoms with Crippen LogP contribution in [-0.2, 0) is 5.41 Å². The van der Waals surface area contributed by atoms with E-state index < -0.39 is 0 Å². The van der Waals surface area contributed by atoms with Gasteiger partial charge in [0.25, 0.3) is 0 Å². The Kier molecular flexibility index (Phi) is 2.18. The molecule has 76 valence electrons. The van der Waals surface area contributed by atoms with Crippen molar-refractivity contribution in [2.24, 2.45) is 5.41 Å². The van der Waals surface area contributed by atoms with Crippen LogP contribution >= 0.6 is 31.9 Å². The fraction of sp³-hybridized carbons (Fsp3) is 0.500. The average Bonchev–Trinajstić information content (AvgIpc) is 2.47. The molecular formula is C12H14Br2. The minimum Gasteiger partial charge on any atom is -0.0711 e. The molecule has 0 aliphatic heterocycles. The number of rotatable bonds is 1. The lowest BCUT2D eigenvalue weighted by molar-refractivity contribution is 0.528. The van der Waals surface area contributed by atoms with Crippen molar-refractivity contribution >= 4 is 31.9 Å². The largest absolute Gasteiger partial charge is 0.0964 e. The zero-order valence-corrected chi connectivity index (χ0v) is 11.8. The van der Waals surface area contributed by atoms with E-state index in [0.29, 0.717) is 0 Å². The number of hydrogen-bond donors (Lipinski definition) is 0. The molecule has 1 aliphatic rings. The maximum absolute atomic E-state index is 3.78. The summed E-state index contributed by atoms with van der Waals surface area (Å²) in [4.78, 5) is 0. The third kappa shape index (κ3) is 0.992. The maximum atomic E-state index is 3.78. The van der Waals surface area contributed by atoms with Crippen LogP contribution in [0.25, 0.3) is 0 Å². The number of benzene rings is 1. The molecule has 1 aliphatic carbocycles. The molecule has 1 atom stereocenters. The first kappa shape index (κ1) is 10.7. The van der Waals surface area contributed by atoms with Crippen LogP contribution in [0.1, 0.15) is 26.3 Å². The second-order valence-electron chi connectivity index (χ2n) is 4.69. The minimum atomic E-state index is 0.0291. The van der Waals surface area contributed by atoms with Gasteiger partial charge in [0.2, 0.25) is 0 Å². The Labute approximate surface area is 102 Å². The van der Waals surface area contributed by atoms with E-state index in [0.717, 1.165) is 0 Å². The first-order valence-electron chi connectivity index (χ1n) is 4.79. The first-order chi connectivity index (χ1) is 6.36. The normalized spacial score (nSPS) is 32.6. The quantitative estimate of drug-likeness (QED) is 0.670. The summed E-state index contributed by atoms with van der Waals surface area (Å²) in [5, 5.41) is 0. The van der Waals surface area contributed by atoms with Crippen LogP contribution in [0, 0.1) is 5.41 Å². The molecule has 0 N–H and O–H groups in total. The Morgan fingerprint density at radius 3 is 1.71 bits per heavy atom. The van der Waals surface area contributed by atoms with E-state index in [2.05, 4.69) is 83.0 Å². The van der Waals surface area contributed by atoms with Crippen molar-refractivity contribution in [1.82, 2.24) is 0 Å². The van der Waals surface area contributed by atoms with Crippen molar-refractivity contribution in [2.75, 3.05) is 0 Å². The standard InChI is InChI=1S/C12H14Br2/c1-10(2)11(3,12(10,13)14)9-7-5-4-6-8-9/h4-8H,1-3H3/t11-/m1/s1. The highest BCUT2D eigenvalue weighted by atomic mass is 79.9. The summed E-state index contributed by atoms with van der Waals surface area (Å²) in [6, 6.07) is 10.7. The smallest absolute Gasteiger partial charge is 0.0711 e. The van der Waals surface area contributed by atoms with Crippen LogP contribution < -0.4 is 0 Å². The van der Waals surface area contributed by atoms with Gasteiger partial charge in [-0.25, -0.2) is 0 Å². The second-order valence-corrected chi connectivity index (χ2v) is 8.13. The van der Waals surface area contributed by atoms with Crippen molar-refractivity contribution in [1.29, 1.82) is 0 Å². The number of alkyl halides is 2. The molecule has 1 fully saturated rings. The number of halogens is 2. The highest BCUT2D eigenvalue weighted by molar-refractivity contribution is 9.25. The highest BCUT2D eigenvalue weighted by Gasteiger charge is 2.78. The van der Waals surface area contributed by atoms with E-state index in [4.69, 9.17) is 0 Å². The predicted octanol–water partition coefficient (Wildman–Crippen LogP) is 4.47. The van der Waals surface area contributed by atoms with Crippen LogP contribution in [0.3, 0.4) is 0 Å². The van der Waals surface area contributed by atoms with Gasteiger partial charge in [-0.3, -0.25) is 0 Å². The molecule has 14 heavy (non-hydrogen) atoms. The average molecular weight is 318 g/mol. The van der Waals surface area contributed by atoms with Crippen molar-refractivity contribution in [2.45, 2.75) is 29.4 Å². The zero-order valence-electron chi connectivity index (χ0n) is 8.64. The van der Waals surface area contributed by atoms with Gasteiger partial charge in [-0.15, -0.1) is 0 Å². The summed E-state index contributed by atoms with van der Waals surface area (Å²) in [6.07, 6.45) is 0. The van der Waals surface area contributed by atoms with Gasteiger partial charge in [-0.05, 0) is 5.56 Å². The van der Waals surface area contributed by atoms with Crippen LogP contribution in [-0.4, -0.2) is 3.23 Å². The third-order valence-electron chi connectivity index (χ3n) is 3.95. The van der Waals surface area contributed by atoms with Gasteiger partial charge in [0.05, 0.1) is 3.23 Å². The van der Waals surface area contributed by atoms with Crippen molar-refractivity contribution in [3.05, 3.63) is 35.9 Å². The van der Waals surface area contributed by atoms with E-state index in [1.165, 1.54) is 5.56 Å². The lowest BCUT2D eigenvalue weighted by Crippen LogP contribution is -2.10. The van der Waals surface area contributed by atoms with Crippen molar-refractivity contribution in [3.63, 3.8) is 0 Å². The monoisotopic (exact) mass is 316 g/mol. The van der Waals surface area contributed by atoms with Gasteiger partial charge in [0.1, 0.15) is 0 Å². The highest BCUT2D eigenvalue weighted by Crippen LogP contribution is 2.79. The lowest BCUT2D eigenvalue weighted by atomic mass is 9.90. The molecule has 0 aromatic heterocycles. The summed E-state index contributed by atoms with van der Waals surface area (Å²) >= 11 is 7.57. The summed E-state index contributed by atoms with van der Waals surface area (Å²) in [6.45, 7) is 6.86. The Balaban J connectivity index is 2.48. The van der Waals surface area contributed by atoms with Gasteiger partial charge < -0.3 is 0 Å². The van der Waals surface area contributed by atoms with Crippen molar-refractivity contribution < 1.29 is 0 Å². The number of hydrogen-bond acceptors (Lipinski definition) is 0. The fourth-order valence-corrected chi connectivity index (χ4v) is 4.33. The van der Waals surface area contributed by atoms with Gasteiger partial charge in [-0.1, -0.05) is 83.0 Å². The Morgan fingerprint density at radius 1 is 0.929 bits per heavy atom. The summed E-state index contributed by atoms with van der Waals surface area (Å²) in [5.41, 5.74) is 1.79. The Bertz CT molecular complexity index is 338. The van der Waals surface area contributed by atoms with E-state index in [-0.39, 0.29) is 14.1 Å². The maximum Gasteiger partial charge on any atom is 0.0964 e. The van der Waals surface area contributed by atoms with Gasteiger partial charge in [0.15, 0.2) is 0 Å². The molecule has 0 spiro atoms. The van der Waals surface area contributed by atoms with E-state index in [1.807, 2.05) is 0 Å². The Morgan fingerprint density at radius 2 is 1.36 bits per heavy atom. The molecular weight excluding hydrogens is 304 g/mol. The molecule has 1 aromatic carbocycles. The fourth-order valence-electron chi connectivity index (χ4n) is 2.29. The van der Waals surface area contributed by atoms with E-state index in [1.54, 1.807) is 0 Å². The summed E-state index contributed by atoms with van der Waals surface area (Å²) in [7, 11) is 0. The third-order valence-corrected chi connectivity index (χ3v) is 7.52. The van der Waals surface area contributed by atoms with Crippen molar-refractivity contribution in [3.8, 4) is 0 Å². The molecule has 0 nitrogen and oxygen atoms in total. The van der Waals surface area contributed by atoms with E-state index in [9.17, 15) is 0 Å². The minimum absolute atomic E-state index is 0.0291. The molecule has 1 aromatic rings. The molecule has 0 unspecified atom stereocenters. The lowest BCUT2D eigenvalue weighted by Gasteiger charge is -2.14. The molecule has 0 radical (unpaired) electrons. The molecule has 0 amide bonds.